The summed E-state index contributed by atoms with van der Waals surface area (Å²) >= 11 is 0. The van der Waals surface area contributed by atoms with Crippen LogP contribution in [0.3, 0.4) is 0 Å². The number of ether oxygens (including phenoxy) is 2. The van der Waals surface area contributed by atoms with Gasteiger partial charge in [0, 0.05) is 13.1 Å². The first kappa shape index (κ1) is 17.8. The average Bonchev–Trinajstić information content (AvgIpc) is 2.49. The van der Waals surface area contributed by atoms with Gasteiger partial charge in [-0.2, -0.15) is 0 Å². The summed E-state index contributed by atoms with van der Waals surface area (Å²) in [6.45, 7) is 12.1. The van der Waals surface area contributed by atoms with E-state index in [2.05, 4.69) is 0 Å². The second kappa shape index (κ2) is 6.67. The van der Waals surface area contributed by atoms with Crippen molar-refractivity contribution in [1.29, 1.82) is 0 Å². The van der Waals surface area contributed by atoms with Crippen LogP contribution >= 0.6 is 0 Å². The summed E-state index contributed by atoms with van der Waals surface area (Å²) in [5.41, 5.74) is -1.02. The van der Waals surface area contributed by atoms with Gasteiger partial charge < -0.3 is 14.4 Å². The number of rotatable bonds is 1. The smallest absolute Gasteiger partial charge is 0.410 e. The minimum Gasteiger partial charge on any atom is -0.460 e. The predicted molar refractivity (Wildman–Crippen MR) is 81.0 cm³/mol. The first-order valence-electron chi connectivity index (χ1n) is 7.69. The largest absolute Gasteiger partial charge is 0.460 e. The molecule has 1 saturated heterocycles. The van der Waals surface area contributed by atoms with Crippen LogP contribution in [0.4, 0.5) is 4.79 Å². The van der Waals surface area contributed by atoms with Crippen LogP contribution in [0.5, 0.6) is 0 Å². The number of carbonyl (C=O) groups is 2. The van der Waals surface area contributed by atoms with Gasteiger partial charge in [0.2, 0.25) is 0 Å². The van der Waals surface area contributed by atoms with Gasteiger partial charge in [-0.15, -0.1) is 0 Å². The molecule has 21 heavy (non-hydrogen) atoms. The van der Waals surface area contributed by atoms with Crippen LogP contribution in [-0.2, 0) is 14.3 Å². The van der Waals surface area contributed by atoms with Crippen LogP contribution in [0.15, 0.2) is 0 Å². The number of amides is 1. The second-order valence-corrected chi connectivity index (χ2v) is 7.65. The minimum atomic E-state index is -0.523. The van der Waals surface area contributed by atoms with E-state index in [1.54, 1.807) is 4.90 Å². The molecule has 1 amide bonds. The van der Waals surface area contributed by atoms with Gasteiger partial charge in [-0.3, -0.25) is 4.79 Å². The van der Waals surface area contributed by atoms with E-state index in [4.69, 9.17) is 9.47 Å². The highest BCUT2D eigenvalue weighted by Crippen LogP contribution is 2.22. The van der Waals surface area contributed by atoms with E-state index in [9.17, 15) is 9.59 Å². The summed E-state index contributed by atoms with van der Waals surface area (Å²) in [6, 6.07) is 0. The number of likely N-dealkylation sites (tertiary alicyclic amines) is 1. The molecule has 1 heterocycles. The molecule has 0 saturated carbocycles. The highest BCUT2D eigenvalue weighted by molar-refractivity contribution is 5.75. The summed E-state index contributed by atoms with van der Waals surface area (Å²) in [7, 11) is 0. The fourth-order valence-electron chi connectivity index (χ4n) is 2.21. The lowest BCUT2D eigenvalue weighted by Gasteiger charge is -2.29. The Labute approximate surface area is 128 Å². The quantitative estimate of drug-likeness (QED) is 0.697. The van der Waals surface area contributed by atoms with E-state index >= 15 is 0 Å². The molecule has 0 radical (unpaired) electrons. The summed E-state index contributed by atoms with van der Waals surface area (Å²) in [4.78, 5) is 26.0. The Bertz CT molecular complexity index is 343. The lowest BCUT2D eigenvalue weighted by atomic mass is 10.0. The molecule has 0 N–H and O–H groups in total. The monoisotopic (exact) mass is 299 g/mol. The number of carbonyl (C=O) groups excluding carboxylic acids is 2. The number of esters is 1. The second-order valence-electron chi connectivity index (χ2n) is 7.65. The van der Waals surface area contributed by atoms with Gasteiger partial charge in [0.25, 0.3) is 0 Å². The molecule has 0 aromatic carbocycles. The lowest BCUT2D eigenvalue weighted by molar-refractivity contribution is -0.160. The zero-order valence-electron chi connectivity index (χ0n) is 14.2. The Morgan fingerprint density at radius 3 is 2.05 bits per heavy atom. The van der Waals surface area contributed by atoms with E-state index in [0.717, 1.165) is 19.3 Å². The fourth-order valence-corrected chi connectivity index (χ4v) is 2.21. The Morgan fingerprint density at radius 2 is 1.52 bits per heavy atom. The normalized spacial score (nSPS) is 20.7. The molecule has 0 aliphatic carbocycles. The highest BCUT2D eigenvalue weighted by atomic mass is 16.6. The molecular formula is C16H29NO4. The maximum atomic E-state index is 12.2. The summed E-state index contributed by atoms with van der Waals surface area (Å²) in [5, 5.41) is 0. The Morgan fingerprint density at radius 1 is 0.952 bits per heavy atom. The van der Waals surface area contributed by atoms with E-state index in [0.29, 0.717) is 13.1 Å². The molecule has 0 bridgehead atoms. The van der Waals surface area contributed by atoms with Gasteiger partial charge in [-0.1, -0.05) is 6.42 Å². The van der Waals surface area contributed by atoms with Crippen LogP contribution < -0.4 is 0 Å². The van der Waals surface area contributed by atoms with Crippen molar-refractivity contribution in [2.75, 3.05) is 13.1 Å². The molecule has 0 aromatic heterocycles. The van der Waals surface area contributed by atoms with Gasteiger partial charge in [0.05, 0.1) is 5.92 Å². The van der Waals surface area contributed by atoms with Gasteiger partial charge in [0.1, 0.15) is 11.2 Å². The van der Waals surface area contributed by atoms with Gasteiger partial charge in [0.15, 0.2) is 0 Å². The van der Waals surface area contributed by atoms with Gasteiger partial charge in [-0.25, -0.2) is 4.79 Å². The topological polar surface area (TPSA) is 55.8 Å². The van der Waals surface area contributed by atoms with Crippen molar-refractivity contribution in [2.45, 2.75) is 72.0 Å². The molecule has 1 atom stereocenters. The lowest BCUT2D eigenvalue weighted by Crippen LogP contribution is -2.41. The molecule has 5 heteroatoms. The molecular weight excluding hydrogens is 270 g/mol. The summed E-state index contributed by atoms with van der Waals surface area (Å²) in [5.74, 6) is -0.489. The van der Waals surface area contributed by atoms with E-state index < -0.39 is 11.2 Å². The molecule has 5 nitrogen and oxygen atoms in total. The molecule has 0 spiro atoms. The summed E-state index contributed by atoms with van der Waals surface area (Å²) < 4.78 is 10.8. The van der Waals surface area contributed by atoms with E-state index in [1.165, 1.54) is 0 Å². The van der Waals surface area contributed by atoms with Crippen LogP contribution in [0.2, 0.25) is 0 Å². The standard InChI is InChI=1S/C16H29NO4/c1-15(2,3)20-13(18)12-9-7-8-10-17(11-12)14(19)21-16(4,5)6/h12H,7-11H2,1-6H3/t12-/m1/s1. The maximum absolute atomic E-state index is 12.2. The zero-order valence-corrected chi connectivity index (χ0v) is 14.2. The first-order chi connectivity index (χ1) is 9.48. The Hall–Kier alpha value is -1.26. The Kier molecular flexibility index (Phi) is 5.65. The highest BCUT2D eigenvalue weighted by Gasteiger charge is 2.32. The third kappa shape index (κ3) is 6.82. The Balaban J connectivity index is 2.68. The third-order valence-electron chi connectivity index (χ3n) is 3.06. The van der Waals surface area contributed by atoms with Crippen molar-refractivity contribution >= 4 is 12.1 Å². The fraction of sp³-hybridized carbons (Fsp3) is 0.875. The molecule has 1 aliphatic rings. The predicted octanol–water partition coefficient (Wildman–Crippen LogP) is 3.37. The molecule has 122 valence electrons. The van der Waals surface area contributed by atoms with Gasteiger partial charge >= 0.3 is 12.1 Å². The van der Waals surface area contributed by atoms with Crippen LogP contribution in [0.25, 0.3) is 0 Å². The SMILES string of the molecule is CC(C)(C)OC(=O)[C@@H]1CCCCN(C(=O)OC(C)(C)C)C1. The average molecular weight is 299 g/mol. The van der Waals surface area contributed by atoms with Crippen molar-refractivity contribution in [2.24, 2.45) is 5.92 Å². The summed E-state index contributed by atoms with van der Waals surface area (Å²) in [6.07, 6.45) is 2.22. The molecule has 1 aliphatic heterocycles. The van der Waals surface area contributed by atoms with Crippen LogP contribution in [0.1, 0.15) is 60.8 Å². The minimum absolute atomic E-state index is 0.224. The molecule has 0 aromatic rings. The maximum Gasteiger partial charge on any atom is 0.410 e. The zero-order chi connectivity index (χ0) is 16.3. The van der Waals surface area contributed by atoms with Crippen LogP contribution in [-0.4, -0.2) is 41.3 Å². The molecule has 1 fully saturated rings. The number of hydrogen-bond acceptors (Lipinski definition) is 4. The van der Waals surface area contributed by atoms with E-state index in [1.807, 2.05) is 41.5 Å². The van der Waals surface area contributed by atoms with Gasteiger partial charge in [-0.05, 0) is 54.4 Å². The van der Waals surface area contributed by atoms with Crippen LogP contribution in [0, 0.1) is 5.92 Å². The first-order valence-corrected chi connectivity index (χ1v) is 7.69. The molecule has 0 unspecified atom stereocenters. The van der Waals surface area contributed by atoms with Crippen molar-refractivity contribution < 1.29 is 19.1 Å². The van der Waals surface area contributed by atoms with Crippen molar-refractivity contribution in [3.63, 3.8) is 0 Å². The van der Waals surface area contributed by atoms with Crippen molar-refractivity contribution in [1.82, 2.24) is 4.90 Å². The third-order valence-corrected chi connectivity index (χ3v) is 3.06. The van der Waals surface area contributed by atoms with Crippen molar-refractivity contribution in [3.8, 4) is 0 Å². The molecule has 1 rings (SSSR count). The number of nitrogens with zero attached hydrogens (tertiary/aromatic N) is 1. The number of hydrogen-bond donors (Lipinski definition) is 0. The van der Waals surface area contributed by atoms with E-state index in [-0.39, 0.29) is 18.0 Å². The van der Waals surface area contributed by atoms with Crippen molar-refractivity contribution in [3.05, 3.63) is 0 Å².